The van der Waals surface area contributed by atoms with E-state index in [0.29, 0.717) is 18.4 Å². The molecule has 4 aliphatic rings. The van der Waals surface area contributed by atoms with Gasteiger partial charge in [0.2, 0.25) is 0 Å². The summed E-state index contributed by atoms with van der Waals surface area (Å²) in [4.78, 5) is 11.5. The van der Waals surface area contributed by atoms with Gasteiger partial charge in [0.25, 0.3) is 0 Å². The summed E-state index contributed by atoms with van der Waals surface area (Å²) in [5.74, 6) is 1.05. The molecular weight excluding hydrogens is 316 g/mol. The first kappa shape index (κ1) is 17.5. The van der Waals surface area contributed by atoms with Crippen molar-refractivity contribution >= 4 is 5.97 Å². The highest BCUT2D eigenvalue weighted by Gasteiger charge is 2.62. The Balaban J connectivity index is 1.67. The second kappa shape index (κ2) is 5.82. The maximum absolute atomic E-state index is 11.5. The van der Waals surface area contributed by atoms with Crippen LogP contribution in [0.15, 0.2) is 11.6 Å². The Kier molecular flexibility index (Phi) is 4.08. The monoisotopic (exact) mass is 348 g/mol. The SMILES string of the molecule is CC(=O)OC1COC2C3C(CC[C@]12C)[C@@]1(C)CC[C@H](C)CC1=C[C@@H]3O. The number of aliphatic hydroxyl groups excluding tert-OH is 1. The van der Waals surface area contributed by atoms with E-state index in [0.717, 1.165) is 19.3 Å². The van der Waals surface area contributed by atoms with Crippen LogP contribution >= 0.6 is 0 Å². The molecule has 8 atom stereocenters. The molecule has 1 aliphatic heterocycles. The van der Waals surface area contributed by atoms with Crippen LogP contribution in [0.3, 0.4) is 0 Å². The van der Waals surface area contributed by atoms with Gasteiger partial charge in [0.05, 0.1) is 18.8 Å². The zero-order valence-electron chi connectivity index (χ0n) is 16.0. The van der Waals surface area contributed by atoms with Gasteiger partial charge in [-0.15, -0.1) is 0 Å². The maximum Gasteiger partial charge on any atom is 0.303 e. The van der Waals surface area contributed by atoms with Crippen molar-refractivity contribution in [3.8, 4) is 0 Å². The summed E-state index contributed by atoms with van der Waals surface area (Å²) in [5, 5.41) is 11.0. The number of fused-ring (bicyclic) bond motifs is 5. The number of allylic oxidation sites excluding steroid dienone is 1. The largest absolute Gasteiger partial charge is 0.459 e. The fourth-order valence-corrected chi connectivity index (χ4v) is 6.42. The number of rotatable bonds is 1. The second-order valence-corrected chi connectivity index (χ2v) is 9.53. The smallest absolute Gasteiger partial charge is 0.303 e. The molecule has 1 saturated heterocycles. The van der Waals surface area contributed by atoms with Crippen LogP contribution in [-0.4, -0.2) is 36.0 Å². The second-order valence-electron chi connectivity index (χ2n) is 9.53. The molecule has 0 radical (unpaired) electrons. The molecule has 4 nitrogen and oxygen atoms in total. The fourth-order valence-electron chi connectivity index (χ4n) is 6.42. The van der Waals surface area contributed by atoms with E-state index in [1.54, 1.807) is 0 Å². The van der Waals surface area contributed by atoms with E-state index in [4.69, 9.17) is 9.47 Å². The minimum Gasteiger partial charge on any atom is -0.459 e. The maximum atomic E-state index is 11.5. The predicted octanol–water partition coefficient (Wildman–Crippen LogP) is 3.48. The van der Waals surface area contributed by atoms with E-state index in [1.165, 1.54) is 25.3 Å². The van der Waals surface area contributed by atoms with Crippen LogP contribution in [0.1, 0.15) is 59.8 Å². The lowest BCUT2D eigenvalue weighted by Gasteiger charge is -2.58. The first-order chi connectivity index (χ1) is 11.8. The molecule has 0 aromatic heterocycles. The molecule has 0 aromatic rings. The minimum atomic E-state index is -0.445. The summed E-state index contributed by atoms with van der Waals surface area (Å²) in [5.41, 5.74) is 1.48. The van der Waals surface area contributed by atoms with Crippen molar-refractivity contribution in [3.05, 3.63) is 11.6 Å². The number of hydrogen-bond acceptors (Lipinski definition) is 4. The Bertz CT molecular complexity index is 599. The van der Waals surface area contributed by atoms with Gasteiger partial charge in [-0.2, -0.15) is 0 Å². The van der Waals surface area contributed by atoms with Gasteiger partial charge in [-0.05, 0) is 49.4 Å². The molecule has 3 aliphatic carbocycles. The first-order valence-corrected chi connectivity index (χ1v) is 9.94. The van der Waals surface area contributed by atoms with E-state index < -0.39 is 6.10 Å². The van der Waals surface area contributed by atoms with Crippen LogP contribution in [0.25, 0.3) is 0 Å². The Morgan fingerprint density at radius 3 is 2.80 bits per heavy atom. The molecule has 0 aromatic carbocycles. The number of ether oxygens (including phenoxy) is 2. The Morgan fingerprint density at radius 2 is 2.08 bits per heavy atom. The Morgan fingerprint density at radius 1 is 1.32 bits per heavy atom. The molecule has 4 unspecified atom stereocenters. The van der Waals surface area contributed by atoms with E-state index in [2.05, 4.69) is 26.8 Å². The van der Waals surface area contributed by atoms with Gasteiger partial charge in [-0.25, -0.2) is 0 Å². The van der Waals surface area contributed by atoms with Crippen molar-refractivity contribution in [1.82, 2.24) is 0 Å². The molecule has 1 N–H and O–H groups in total. The summed E-state index contributed by atoms with van der Waals surface area (Å²) in [7, 11) is 0. The van der Waals surface area contributed by atoms with E-state index >= 15 is 0 Å². The number of esters is 1. The molecular formula is C21H32O4. The average Bonchev–Trinajstić information content (AvgIpc) is 2.85. The number of carbonyl (C=O) groups excluding carboxylic acids is 1. The van der Waals surface area contributed by atoms with Gasteiger partial charge in [-0.3, -0.25) is 4.79 Å². The third kappa shape index (κ3) is 2.51. The van der Waals surface area contributed by atoms with E-state index in [-0.39, 0.29) is 34.9 Å². The molecule has 140 valence electrons. The molecule has 1 heterocycles. The summed E-state index contributed by atoms with van der Waals surface area (Å²) < 4.78 is 11.8. The van der Waals surface area contributed by atoms with Crippen molar-refractivity contribution in [1.29, 1.82) is 0 Å². The van der Waals surface area contributed by atoms with Crippen LogP contribution in [0, 0.1) is 28.6 Å². The summed E-state index contributed by atoms with van der Waals surface area (Å²) in [6.07, 6.45) is 7.17. The van der Waals surface area contributed by atoms with Crippen molar-refractivity contribution in [2.24, 2.45) is 28.6 Å². The standard InChI is InChI=1S/C21H32O4/c1-12-5-7-20(3)14(9-12)10-16(23)18-15(20)6-8-21(4)17(25-13(2)22)11-24-19(18)21/h10,12,15-19,23H,5-9,11H2,1-4H3/t12-,15?,16-,17?,18?,19?,20-,21+/m0/s1. The number of carbonyl (C=O) groups is 1. The van der Waals surface area contributed by atoms with Crippen LogP contribution < -0.4 is 0 Å². The van der Waals surface area contributed by atoms with Gasteiger partial charge >= 0.3 is 5.97 Å². The molecule has 0 spiro atoms. The van der Waals surface area contributed by atoms with Crippen molar-refractivity contribution in [2.75, 3.05) is 6.61 Å². The highest BCUT2D eigenvalue weighted by atomic mass is 16.6. The average molecular weight is 348 g/mol. The lowest BCUT2D eigenvalue weighted by Crippen LogP contribution is -2.57. The van der Waals surface area contributed by atoms with Crippen LogP contribution in [0.5, 0.6) is 0 Å². The topological polar surface area (TPSA) is 55.8 Å². The Hall–Kier alpha value is -0.870. The van der Waals surface area contributed by atoms with Crippen molar-refractivity contribution < 1.29 is 19.4 Å². The Labute approximate surface area is 151 Å². The van der Waals surface area contributed by atoms with Crippen LogP contribution in [-0.2, 0) is 14.3 Å². The summed E-state index contributed by atoms with van der Waals surface area (Å²) >= 11 is 0. The number of aliphatic hydroxyl groups is 1. The normalized spacial score (nSPS) is 51.8. The van der Waals surface area contributed by atoms with Gasteiger partial charge in [0.1, 0.15) is 6.10 Å². The molecule has 25 heavy (non-hydrogen) atoms. The highest BCUT2D eigenvalue weighted by molar-refractivity contribution is 5.66. The van der Waals surface area contributed by atoms with E-state index in [1.807, 2.05) is 0 Å². The minimum absolute atomic E-state index is 0.0282. The third-order valence-electron chi connectivity index (χ3n) is 7.97. The molecule has 0 bridgehead atoms. The molecule has 4 rings (SSSR count). The zero-order chi connectivity index (χ0) is 18.0. The predicted molar refractivity (Wildman–Crippen MR) is 94.8 cm³/mol. The first-order valence-electron chi connectivity index (χ1n) is 9.94. The van der Waals surface area contributed by atoms with Crippen molar-refractivity contribution in [3.63, 3.8) is 0 Å². The molecule has 3 fully saturated rings. The molecule has 0 amide bonds. The number of hydrogen-bond donors (Lipinski definition) is 1. The van der Waals surface area contributed by atoms with Gasteiger partial charge in [-0.1, -0.05) is 32.4 Å². The highest BCUT2D eigenvalue weighted by Crippen LogP contribution is 2.62. The quantitative estimate of drug-likeness (QED) is 0.582. The van der Waals surface area contributed by atoms with Crippen molar-refractivity contribution in [2.45, 2.75) is 78.1 Å². The van der Waals surface area contributed by atoms with Gasteiger partial charge < -0.3 is 14.6 Å². The zero-order valence-corrected chi connectivity index (χ0v) is 16.0. The summed E-state index contributed by atoms with van der Waals surface area (Å²) in [6.45, 7) is 8.85. The third-order valence-corrected chi connectivity index (χ3v) is 7.97. The lowest BCUT2D eigenvalue weighted by molar-refractivity contribution is -0.156. The molecule has 2 saturated carbocycles. The van der Waals surface area contributed by atoms with Gasteiger partial charge in [0.15, 0.2) is 0 Å². The van der Waals surface area contributed by atoms with E-state index in [9.17, 15) is 9.90 Å². The van der Waals surface area contributed by atoms with Crippen LogP contribution in [0.2, 0.25) is 0 Å². The molecule has 4 heteroatoms. The summed E-state index contributed by atoms with van der Waals surface area (Å²) in [6, 6.07) is 0. The fraction of sp³-hybridized carbons (Fsp3) is 0.857. The lowest BCUT2D eigenvalue weighted by atomic mass is 9.48. The van der Waals surface area contributed by atoms with Crippen LogP contribution in [0.4, 0.5) is 0 Å². The van der Waals surface area contributed by atoms with Gasteiger partial charge in [0, 0.05) is 18.3 Å².